The molecule has 0 aliphatic rings. The molecule has 492 valence electrons. The van der Waals surface area contributed by atoms with E-state index in [1.54, 1.807) is 5.56 Å². The maximum atomic E-state index is 2.51. The van der Waals surface area contributed by atoms with Gasteiger partial charge in [0.15, 0.2) is 0 Å². The number of hydrogen-bond acceptors (Lipinski definition) is 0. The topological polar surface area (TPSA) is 0 Å². The van der Waals surface area contributed by atoms with E-state index in [-0.39, 0.29) is 0 Å². The summed E-state index contributed by atoms with van der Waals surface area (Å²) < 4.78 is 0. The minimum Gasteiger partial charge on any atom is -0.0839 e. The van der Waals surface area contributed by atoms with Gasteiger partial charge in [-0.15, -0.1) is 0 Å². The predicted molar refractivity (Wildman–Crippen MR) is 390 cm³/mol. The highest BCUT2D eigenvalue weighted by Crippen LogP contribution is 2.26. The van der Waals surface area contributed by atoms with E-state index in [0.717, 1.165) is 5.92 Å². The molecule has 2 aromatic carbocycles. The summed E-state index contributed by atoms with van der Waals surface area (Å²) in [5, 5.41) is 0. The monoisotopic (exact) mass is 1170 g/mol. The van der Waals surface area contributed by atoms with Gasteiger partial charge >= 0.3 is 0 Å². The lowest BCUT2D eigenvalue weighted by Crippen LogP contribution is -2.07. The minimum atomic E-state index is 0.749. The van der Waals surface area contributed by atoms with E-state index in [1.165, 1.54) is 434 Å². The van der Waals surface area contributed by atoms with E-state index in [9.17, 15) is 0 Å². The fourth-order valence-electron chi connectivity index (χ4n) is 13.7. The van der Waals surface area contributed by atoms with E-state index < -0.39 is 0 Å². The molecule has 2 rings (SSSR count). The van der Waals surface area contributed by atoms with Crippen molar-refractivity contribution in [3.63, 3.8) is 0 Å². The Hall–Kier alpha value is -2.08. The Bertz CT molecular complexity index is 1640. The van der Waals surface area contributed by atoms with Gasteiger partial charge in [-0.3, -0.25) is 0 Å². The second-order valence-electron chi connectivity index (χ2n) is 28.1. The van der Waals surface area contributed by atoms with Crippen LogP contribution in [0.4, 0.5) is 0 Å². The summed E-state index contributed by atoms with van der Waals surface area (Å²) in [6.45, 7) is 6.95. The zero-order valence-corrected chi connectivity index (χ0v) is 58.5. The molecule has 0 saturated carbocycles. The van der Waals surface area contributed by atoms with Gasteiger partial charge in [-0.2, -0.15) is 0 Å². The Morgan fingerprint density at radius 1 is 0.247 bits per heavy atom. The molecule has 0 aliphatic heterocycles. The number of hydrogen-bond donors (Lipinski definition) is 0. The molecule has 0 bridgehead atoms. The van der Waals surface area contributed by atoms with E-state index >= 15 is 0 Å². The first-order chi connectivity index (χ1) is 42.2. The molecule has 0 saturated heterocycles. The quantitative estimate of drug-likeness (QED) is 0.0579. The first-order valence-electron chi connectivity index (χ1n) is 39.8. The molecule has 0 aliphatic carbocycles. The zero-order valence-electron chi connectivity index (χ0n) is 58.5. The molecule has 0 N–H and O–H groups in total. The lowest BCUT2D eigenvalue weighted by Gasteiger charge is -2.18. The van der Waals surface area contributed by atoms with Crippen molar-refractivity contribution in [2.45, 2.75) is 438 Å². The van der Waals surface area contributed by atoms with Crippen LogP contribution in [-0.2, 0) is 12.8 Å². The van der Waals surface area contributed by atoms with Gasteiger partial charge in [-0.05, 0) is 73.1 Å². The fourth-order valence-corrected chi connectivity index (χ4v) is 13.7. The average Bonchev–Trinajstić information content (AvgIpc) is 3.59. The van der Waals surface area contributed by atoms with Crippen LogP contribution in [-0.4, -0.2) is 0 Å². The highest BCUT2D eigenvalue weighted by molar-refractivity contribution is 5.51. The number of benzene rings is 2. The van der Waals surface area contributed by atoms with Crippen molar-refractivity contribution in [2.75, 3.05) is 0 Å². The van der Waals surface area contributed by atoms with Crippen LogP contribution < -0.4 is 0 Å². The van der Waals surface area contributed by atoms with E-state index in [0.29, 0.717) is 0 Å². The second-order valence-corrected chi connectivity index (χ2v) is 28.1. The van der Waals surface area contributed by atoms with Crippen LogP contribution in [0.25, 0.3) is 12.2 Å². The van der Waals surface area contributed by atoms with Crippen molar-refractivity contribution in [3.05, 3.63) is 82.9 Å². The Balaban J connectivity index is 1.61. The summed E-state index contributed by atoms with van der Waals surface area (Å²) in [6, 6.07) is 19.1. The van der Waals surface area contributed by atoms with Gasteiger partial charge < -0.3 is 0 Å². The SMILES string of the molecule is CCCCCCCCCCCCCCCCCCCCCCCCCC=Cc1cccc(CCC(CCCCCCCCCCCCCCC)Cc2cccc(C=CCCCCCCCCCCCCCCCCCCCCCCCCC)c2)c1. The number of allylic oxidation sites excluding steroid dienone is 2. The Morgan fingerprint density at radius 2 is 0.482 bits per heavy atom. The molecule has 2 aromatic rings. The third-order valence-corrected chi connectivity index (χ3v) is 19.6. The summed E-state index contributed by atoms with van der Waals surface area (Å²) >= 11 is 0. The van der Waals surface area contributed by atoms with Gasteiger partial charge in [0.05, 0.1) is 0 Å². The lowest BCUT2D eigenvalue weighted by molar-refractivity contribution is 0.420. The first kappa shape index (κ1) is 79.0. The predicted octanol–water partition coefficient (Wildman–Crippen LogP) is 30.8. The van der Waals surface area contributed by atoms with E-state index in [1.807, 2.05) is 0 Å². The Morgan fingerprint density at radius 3 is 0.765 bits per heavy atom. The molecule has 0 radical (unpaired) electrons. The smallest absolute Gasteiger partial charge is 0.0250 e. The van der Waals surface area contributed by atoms with Crippen LogP contribution in [0.5, 0.6) is 0 Å². The summed E-state index contributed by atoms with van der Waals surface area (Å²) in [5.41, 5.74) is 5.87. The molecule has 0 nitrogen and oxygen atoms in total. The van der Waals surface area contributed by atoms with Crippen LogP contribution in [0.3, 0.4) is 0 Å². The molecular weight excluding hydrogens is 1020 g/mol. The van der Waals surface area contributed by atoms with E-state index in [2.05, 4.69) is 93.6 Å². The van der Waals surface area contributed by atoms with Gasteiger partial charge in [0.2, 0.25) is 0 Å². The van der Waals surface area contributed by atoms with Crippen molar-refractivity contribution in [1.29, 1.82) is 0 Å². The summed E-state index contributed by atoms with van der Waals surface area (Å²) in [6.07, 6.45) is 103. The van der Waals surface area contributed by atoms with Gasteiger partial charge in [-0.1, -0.05) is 466 Å². The molecule has 0 fully saturated rings. The molecule has 0 heterocycles. The first-order valence-corrected chi connectivity index (χ1v) is 39.8. The average molecular weight is 1170 g/mol. The summed E-state index contributed by atoms with van der Waals surface area (Å²) in [5.74, 6) is 0.749. The molecular formula is C85H152. The third-order valence-electron chi connectivity index (χ3n) is 19.6. The molecule has 0 aromatic heterocycles. The largest absolute Gasteiger partial charge is 0.0839 e. The van der Waals surface area contributed by atoms with Crippen molar-refractivity contribution in [2.24, 2.45) is 5.92 Å². The second kappa shape index (κ2) is 66.3. The minimum absolute atomic E-state index is 0.749. The normalized spacial score (nSPS) is 12.3. The fraction of sp³-hybridized carbons (Fsp3) is 0.812. The van der Waals surface area contributed by atoms with E-state index in [4.69, 9.17) is 0 Å². The van der Waals surface area contributed by atoms with Crippen LogP contribution in [0.1, 0.15) is 448 Å². The Kier molecular flexibility index (Phi) is 61.7. The highest BCUT2D eigenvalue weighted by atomic mass is 14.2. The third kappa shape index (κ3) is 56.9. The maximum absolute atomic E-state index is 2.51. The molecule has 85 heavy (non-hydrogen) atoms. The highest BCUT2D eigenvalue weighted by Gasteiger charge is 2.12. The molecule has 0 heteroatoms. The molecule has 1 unspecified atom stereocenters. The van der Waals surface area contributed by atoms with Crippen LogP contribution in [0.15, 0.2) is 60.7 Å². The van der Waals surface area contributed by atoms with Gasteiger partial charge in [-0.25, -0.2) is 0 Å². The van der Waals surface area contributed by atoms with Gasteiger partial charge in [0, 0.05) is 0 Å². The number of rotatable bonds is 69. The number of aryl methyl sites for hydroxylation is 1. The van der Waals surface area contributed by atoms with Crippen molar-refractivity contribution >= 4 is 12.2 Å². The molecule has 0 spiro atoms. The van der Waals surface area contributed by atoms with Gasteiger partial charge in [0.1, 0.15) is 0 Å². The molecule has 0 amide bonds. The van der Waals surface area contributed by atoms with Crippen LogP contribution in [0, 0.1) is 5.92 Å². The van der Waals surface area contributed by atoms with Crippen molar-refractivity contribution in [3.8, 4) is 0 Å². The summed E-state index contributed by atoms with van der Waals surface area (Å²) in [7, 11) is 0. The number of unbranched alkanes of at least 4 members (excludes halogenated alkanes) is 58. The van der Waals surface area contributed by atoms with Crippen LogP contribution >= 0.6 is 0 Å². The standard InChI is InChI=1S/C85H152/c1-4-7-10-13-16-19-22-25-27-29-31-33-35-37-39-41-43-45-47-50-53-55-58-61-64-69-81-72-67-74-84(78-81)77-76-83(71-66-63-60-57-52-49-24-21-18-15-12-9-6-3)80-85-75-68-73-82(79-85)70-65-62-59-56-54-51-48-46-44-42-40-38-36-34-32-30-28-26-23-20-17-14-11-8-5-2/h64-65,67-70,72-75,78-79,83H,4-63,66,71,76-77,80H2,1-3H3. The maximum Gasteiger partial charge on any atom is -0.0250 e. The van der Waals surface area contributed by atoms with Crippen molar-refractivity contribution in [1.82, 2.24) is 0 Å². The Labute approximate surface area is 536 Å². The summed E-state index contributed by atoms with van der Waals surface area (Å²) in [4.78, 5) is 0. The van der Waals surface area contributed by atoms with Gasteiger partial charge in [0.25, 0.3) is 0 Å². The zero-order chi connectivity index (χ0) is 60.3. The lowest BCUT2D eigenvalue weighted by atomic mass is 9.87. The molecule has 1 atom stereocenters. The van der Waals surface area contributed by atoms with Crippen molar-refractivity contribution < 1.29 is 0 Å². The van der Waals surface area contributed by atoms with Crippen LogP contribution in [0.2, 0.25) is 0 Å².